The van der Waals surface area contributed by atoms with Gasteiger partial charge < -0.3 is 20.4 Å². The number of esters is 1. The number of nitriles is 1. The van der Waals surface area contributed by atoms with Crippen LogP contribution in [0.2, 0.25) is 0 Å². The zero-order valence-corrected chi connectivity index (χ0v) is 14.6. The predicted molar refractivity (Wildman–Crippen MR) is 94.4 cm³/mol. The highest BCUT2D eigenvalue weighted by atomic mass is 16.5. The van der Waals surface area contributed by atoms with E-state index in [4.69, 9.17) is 15.7 Å². The van der Waals surface area contributed by atoms with Gasteiger partial charge in [-0.05, 0) is 30.7 Å². The van der Waals surface area contributed by atoms with Gasteiger partial charge in [-0.3, -0.25) is 4.79 Å². The van der Waals surface area contributed by atoms with Crippen LogP contribution in [0.3, 0.4) is 0 Å². The second-order valence-electron chi connectivity index (χ2n) is 5.92. The van der Waals surface area contributed by atoms with Crippen LogP contribution in [0.1, 0.15) is 35.5 Å². The number of amides is 1. The van der Waals surface area contributed by atoms with Crippen LogP contribution < -0.4 is 11.1 Å². The van der Waals surface area contributed by atoms with Crippen LogP contribution in [0.25, 0.3) is 5.69 Å². The summed E-state index contributed by atoms with van der Waals surface area (Å²) in [6.45, 7) is 5.47. The van der Waals surface area contributed by atoms with Crippen molar-refractivity contribution in [2.24, 2.45) is 5.92 Å². The van der Waals surface area contributed by atoms with E-state index in [0.717, 1.165) is 5.56 Å². The van der Waals surface area contributed by atoms with Gasteiger partial charge in [-0.1, -0.05) is 13.8 Å². The summed E-state index contributed by atoms with van der Waals surface area (Å²) in [5.41, 5.74) is 8.38. The van der Waals surface area contributed by atoms with Crippen molar-refractivity contribution in [2.45, 2.75) is 20.8 Å². The number of aryl methyl sites for hydroxylation is 1. The summed E-state index contributed by atoms with van der Waals surface area (Å²) in [6, 6.07) is 7.23. The van der Waals surface area contributed by atoms with Crippen molar-refractivity contribution in [3.63, 3.8) is 0 Å². The second-order valence-corrected chi connectivity index (χ2v) is 5.92. The van der Waals surface area contributed by atoms with Crippen LogP contribution in [0.5, 0.6) is 0 Å². The number of rotatable bonds is 4. The van der Waals surface area contributed by atoms with Crippen LogP contribution >= 0.6 is 0 Å². The van der Waals surface area contributed by atoms with Gasteiger partial charge >= 0.3 is 5.97 Å². The zero-order valence-electron chi connectivity index (χ0n) is 14.6. The first-order valence-electron chi connectivity index (χ1n) is 7.71. The van der Waals surface area contributed by atoms with Crippen LogP contribution in [0, 0.1) is 24.2 Å². The van der Waals surface area contributed by atoms with E-state index in [0.29, 0.717) is 11.4 Å². The van der Waals surface area contributed by atoms with Crippen molar-refractivity contribution in [2.75, 3.05) is 18.2 Å². The molecule has 0 saturated heterocycles. The van der Waals surface area contributed by atoms with E-state index in [1.807, 2.05) is 26.8 Å². The van der Waals surface area contributed by atoms with Crippen LogP contribution in [0.15, 0.2) is 24.4 Å². The largest absolute Gasteiger partial charge is 0.464 e. The van der Waals surface area contributed by atoms with E-state index < -0.39 is 5.97 Å². The first-order chi connectivity index (χ1) is 11.8. The topological polar surface area (TPSA) is 110 Å². The Morgan fingerprint density at radius 3 is 2.56 bits per heavy atom. The maximum absolute atomic E-state index is 12.0. The summed E-state index contributed by atoms with van der Waals surface area (Å²) < 4.78 is 6.28. The number of hydrogen-bond acceptors (Lipinski definition) is 5. The Hall–Kier alpha value is -3.27. The molecule has 7 heteroatoms. The Morgan fingerprint density at radius 2 is 2.04 bits per heavy atom. The van der Waals surface area contributed by atoms with Gasteiger partial charge in [0.15, 0.2) is 5.69 Å². The summed E-state index contributed by atoms with van der Waals surface area (Å²) in [7, 11) is 1.25. The molecular weight excluding hydrogens is 320 g/mol. The number of anilines is 2. The average Bonchev–Trinajstić information content (AvgIpc) is 2.92. The molecule has 0 aliphatic rings. The minimum absolute atomic E-state index is 0.0733. The molecule has 1 aromatic heterocycles. The molecule has 0 spiro atoms. The molecule has 0 unspecified atom stereocenters. The van der Waals surface area contributed by atoms with Gasteiger partial charge in [0.05, 0.1) is 18.4 Å². The Balaban J connectivity index is 2.50. The third-order valence-corrected chi connectivity index (χ3v) is 3.81. The number of aromatic nitrogens is 1. The zero-order chi connectivity index (χ0) is 18.7. The summed E-state index contributed by atoms with van der Waals surface area (Å²) in [4.78, 5) is 23.9. The van der Waals surface area contributed by atoms with Gasteiger partial charge in [-0.15, -0.1) is 0 Å². The molecule has 0 aliphatic heterocycles. The van der Waals surface area contributed by atoms with Crippen molar-refractivity contribution in [3.05, 3.63) is 41.2 Å². The molecule has 25 heavy (non-hydrogen) atoms. The Labute approximate surface area is 146 Å². The molecule has 7 nitrogen and oxygen atoms in total. The first-order valence-corrected chi connectivity index (χ1v) is 7.71. The van der Waals surface area contributed by atoms with Crippen LogP contribution in [-0.2, 0) is 9.53 Å². The number of nitrogens with zero attached hydrogens (tertiary/aromatic N) is 2. The quantitative estimate of drug-likeness (QED) is 0.831. The summed E-state index contributed by atoms with van der Waals surface area (Å²) >= 11 is 0. The molecule has 0 aliphatic carbocycles. The third kappa shape index (κ3) is 3.48. The molecular formula is C18H20N4O3. The summed E-state index contributed by atoms with van der Waals surface area (Å²) in [5, 5.41) is 12.0. The lowest BCUT2D eigenvalue weighted by Gasteiger charge is -2.13. The van der Waals surface area contributed by atoms with Gasteiger partial charge in [0.1, 0.15) is 6.07 Å². The van der Waals surface area contributed by atoms with Crippen molar-refractivity contribution in [1.82, 2.24) is 4.57 Å². The molecule has 1 aromatic carbocycles. The fourth-order valence-electron chi connectivity index (χ4n) is 2.33. The fraction of sp³-hybridized carbons (Fsp3) is 0.278. The lowest BCUT2D eigenvalue weighted by Crippen LogP contribution is -2.18. The third-order valence-electron chi connectivity index (χ3n) is 3.81. The van der Waals surface area contributed by atoms with Crippen molar-refractivity contribution in [3.8, 4) is 11.8 Å². The normalized spacial score (nSPS) is 10.4. The molecule has 0 atom stereocenters. The van der Waals surface area contributed by atoms with Crippen molar-refractivity contribution in [1.29, 1.82) is 5.26 Å². The summed E-state index contributed by atoms with van der Waals surface area (Å²) in [5.74, 6) is -0.843. The van der Waals surface area contributed by atoms with Crippen molar-refractivity contribution >= 4 is 23.3 Å². The molecule has 0 bridgehead atoms. The number of nitrogen functional groups attached to an aromatic ring is 1. The lowest BCUT2D eigenvalue weighted by molar-refractivity contribution is -0.118. The van der Waals surface area contributed by atoms with Crippen LogP contribution in [-0.4, -0.2) is 23.6 Å². The molecule has 130 valence electrons. The molecule has 3 N–H and O–H groups in total. The number of nitrogens with two attached hydrogens (primary N) is 1. The number of carbonyl (C=O) groups excluding carboxylic acids is 2. The monoisotopic (exact) mass is 340 g/mol. The molecule has 2 aromatic rings. The Bertz CT molecular complexity index is 875. The van der Waals surface area contributed by atoms with E-state index in [9.17, 15) is 9.59 Å². The first kappa shape index (κ1) is 18.1. The van der Waals surface area contributed by atoms with E-state index in [1.54, 1.807) is 18.2 Å². The Kier molecular flexibility index (Phi) is 5.13. The SMILES string of the molecule is COC(=O)c1c(N)c(C#N)cn1-c1ccc(NC(=O)C(C)C)c(C)c1. The van der Waals surface area contributed by atoms with E-state index in [-0.39, 0.29) is 28.8 Å². The smallest absolute Gasteiger partial charge is 0.357 e. The number of carbonyl (C=O) groups is 2. The number of methoxy groups -OCH3 is 1. The maximum Gasteiger partial charge on any atom is 0.357 e. The maximum atomic E-state index is 12.0. The number of benzene rings is 1. The van der Waals surface area contributed by atoms with Crippen LogP contribution in [0.4, 0.5) is 11.4 Å². The standard InChI is InChI=1S/C18H20N4O3/c1-10(2)17(23)21-14-6-5-13(7-11(14)3)22-9-12(8-19)15(20)16(22)18(24)25-4/h5-7,9-10H,20H2,1-4H3,(H,21,23). The van der Waals surface area contributed by atoms with Gasteiger partial charge in [0.2, 0.25) is 5.91 Å². The minimum atomic E-state index is -0.631. The Morgan fingerprint density at radius 1 is 1.36 bits per heavy atom. The van der Waals surface area contributed by atoms with Gasteiger partial charge in [0, 0.05) is 23.5 Å². The highest BCUT2D eigenvalue weighted by Gasteiger charge is 2.22. The van der Waals surface area contributed by atoms with Crippen molar-refractivity contribution < 1.29 is 14.3 Å². The number of nitrogens with one attached hydrogen (secondary N) is 1. The fourth-order valence-corrected chi connectivity index (χ4v) is 2.33. The molecule has 1 amide bonds. The summed E-state index contributed by atoms with van der Waals surface area (Å²) in [6.07, 6.45) is 1.49. The van der Waals surface area contributed by atoms with Gasteiger partial charge in [-0.25, -0.2) is 4.79 Å². The molecule has 0 fully saturated rings. The highest BCUT2D eigenvalue weighted by molar-refractivity contribution is 5.96. The molecule has 1 heterocycles. The minimum Gasteiger partial charge on any atom is -0.464 e. The average molecular weight is 340 g/mol. The highest BCUT2D eigenvalue weighted by Crippen LogP contribution is 2.27. The second kappa shape index (κ2) is 7.09. The molecule has 0 radical (unpaired) electrons. The molecule has 0 saturated carbocycles. The number of ether oxygens (including phenoxy) is 1. The van der Waals surface area contributed by atoms with E-state index in [1.165, 1.54) is 17.9 Å². The van der Waals surface area contributed by atoms with Gasteiger partial charge in [0.25, 0.3) is 0 Å². The molecule has 2 rings (SSSR count). The lowest BCUT2D eigenvalue weighted by atomic mass is 10.1. The van der Waals surface area contributed by atoms with E-state index in [2.05, 4.69) is 5.32 Å². The number of hydrogen-bond donors (Lipinski definition) is 2. The predicted octanol–water partition coefficient (Wildman–Crippen LogP) is 2.62. The van der Waals surface area contributed by atoms with Gasteiger partial charge in [-0.2, -0.15) is 5.26 Å². The van der Waals surface area contributed by atoms with E-state index >= 15 is 0 Å².